The molecule has 17 heavy (non-hydrogen) atoms. The van der Waals surface area contributed by atoms with Crippen LogP contribution in [0.1, 0.15) is 34.1 Å². The van der Waals surface area contributed by atoms with Gasteiger partial charge in [-0.3, -0.25) is 10.1 Å². The Morgan fingerprint density at radius 1 is 1.35 bits per heavy atom. The highest BCUT2D eigenvalue weighted by atomic mass is 16.2. The summed E-state index contributed by atoms with van der Waals surface area (Å²) in [5.74, 6) is 0.622. The second-order valence-electron chi connectivity index (χ2n) is 5.62. The number of likely N-dealkylation sites (N-methyl/N-ethyl adjacent to an activating group) is 1. The largest absolute Gasteiger partial charge is 0.324 e. The smallest absolute Gasteiger partial charge is 0.241 e. The Kier molecular flexibility index (Phi) is 4.95. The molecule has 0 aromatic heterocycles. The summed E-state index contributed by atoms with van der Waals surface area (Å²) in [6.07, 6.45) is 1.17. The summed E-state index contributed by atoms with van der Waals surface area (Å²) in [5, 5.41) is 3.44. The van der Waals surface area contributed by atoms with Gasteiger partial charge in [0.1, 0.15) is 0 Å². The van der Waals surface area contributed by atoms with Crippen molar-refractivity contribution in [3.8, 4) is 0 Å². The van der Waals surface area contributed by atoms with Gasteiger partial charge in [0.2, 0.25) is 5.91 Å². The summed E-state index contributed by atoms with van der Waals surface area (Å²) < 4.78 is 0. The second kappa shape index (κ2) is 5.83. The molecular formula is C13H27N3O. The predicted molar refractivity (Wildman–Crippen MR) is 70.7 cm³/mol. The summed E-state index contributed by atoms with van der Waals surface area (Å²) in [6, 6.07) is 0.384. The zero-order valence-electron chi connectivity index (χ0n) is 12.0. The zero-order valence-corrected chi connectivity index (χ0v) is 12.0. The lowest BCUT2D eigenvalue weighted by Gasteiger charge is -2.29. The first-order valence-electron chi connectivity index (χ1n) is 6.61. The summed E-state index contributed by atoms with van der Waals surface area (Å²) in [5.41, 5.74) is 0. The first-order valence-corrected chi connectivity index (χ1v) is 6.61. The molecule has 3 atom stereocenters. The van der Waals surface area contributed by atoms with E-state index in [4.69, 9.17) is 0 Å². The molecule has 0 radical (unpaired) electrons. The van der Waals surface area contributed by atoms with Crippen molar-refractivity contribution >= 4 is 5.91 Å². The minimum Gasteiger partial charge on any atom is -0.324 e. The fourth-order valence-corrected chi connectivity index (χ4v) is 2.18. The fourth-order valence-electron chi connectivity index (χ4n) is 2.18. The molecule has 0 aromatic carbocycles. The molecule has 1 aliphatic rings. The Bertz CT molecular complexity index is 265. The van der Waals surface area contributed by atoms with Crippen LogP contribution in [0.2, 0.25) is 0 Å². The maximum absolute atomic E-state index is 12.3. The molecule has 0 bridgehead atoms. The minimum absolute atomic E-state index is 0.00527. The van der Waals surface area contributed by atoms with Gasteiger partial charge >= 0.3 is 0 Å². The molecule has 1 aliphatic heterocycles. The number of carbonyl (C=O) groups excluding carboxylic acids is 1. The van der Waals surface area contributed by atoms with Crippen molar-refractivity contribution in [2.75, 3.05) is 20.6 Å². The number of nitrogens with one attached hydrogen (secondary N) is 1. The SMILES string of the molecule is CCC1NC(C(C)C)C(=O)N1CC(C)N(C)C. The Balaban J connectivity index is 2.72. The Morgan fingerprint density at radius 3 is 2.35 bits per heavy atom. The normalized spacial score (nSPS) is 27.3. The van der Waals surface area contributed by atoms with E-state index in [0.29, 0.717) is 12.0 Å². The van der Waals surface area contributed by atoms with Crippen molar-refractivity contribution in [1.82, 2.24) is 15.1 Å². The van der Waals surface area contributed by atoms with Crippen molar-refractivity contribution < 1.29 is 4.79 Å². The fraction of sp³-hybridized carbons (Fsp3) is 0.923. The van der Waals surface area contributed by atoms with E-state index < -0.39 is 0 Å². The van der Waals surface area contributed by atoms with Crippen molar-refractivity contribution in [1.29, 1.82) is 0 Å². The van der Waals surface area contributed by atoms with Gasteiger partial charge in [0, 0.05) is 12.6 Å². The average molecular weight is 241 g/mol. The summed E-state index contributed by atoms with van der Waals surface area (Å²) in [6.45, 7) is 9.28. The van der Waals surface area contributed by atoms with Crippen LogP contribution in [0, 0.1) is 5.92 Å². The van der Waals surface area contributed by atoms with Crippen molar-refractivity contribution in [2.45, 2.75) is 52.4 Å². The van der Waals surface area contributed by atoms with Gasteiger partial charge in [-0.25, -0.2) is 0 Å². The quantitative estimate of drug-likeness (QED) is 0.784. The van der Waals surface area contributed by atoms with Crippen LogP contribution in [0.5, 0.6) is 0 Å². The Hall–Kier alpha value is -0.610. The van der Waals surface area contributed by atoms with Gasteiger partial charge in [0.25, 0.3) is 0 Å². The van der Waals surface area contributed by atoms with E-state index in [1.807, 2.05) is 4.90 Å². The van der Waals surface area contributed by atoms with Crippen LogP contribution >= 0.6 is 0 Å². The van der Waals surface area contributed by atoms with Gasteiger partial charge in [-0.2, -0.15) is 0 Å². The highest BCUT2D eigenvalue weighted by Crippen LogP contribution is 2.19. The maximum atomic E-state index is 12.3. The van der Waals surface area contributed by atoms with Crippen LogP contribution < -0.4 is 5.32 Å². The van der Waals surface area contributed by atoms with Crippen molar-refractivity contribution in [3.63, 3.8) is 0 Å². The van der Waals surface area contributed by atoms with Crippen molar-refractivity contribution in [2.24, 2.45) is 5.92 Å². The van der Waals surface area contributed by atoms with Crippen LogP contribution in [-0.2, 0) is 4.79 Å². The first-order chi connectivity index (χ1) is 7.88. The molecule has 4 heteroatoms. The lowest BCUT2D eigenvalue weighted by molar-refractivity contribution is -0.131. The highest BCUT2D eigenvalue weighted by Gasteiger charge is 2.39. The van der Waals surface area contributed by atoms with Crippen LogP contribution in [0.4, 0.5) is 0 Å². The van der Waals surface area contributed by atoms with E-state index in [1.165, 1.54) is 0 Å². The lowest BCUT2D eigenvalue weighted by Crippen LogP contribution is -2.44. The number of amides is 1. The van der Waals surface area contributed by atoms with Gasteiger partial charge in [0.05, 0.1) is 12.2 Å². The van der Waals surface area contributed by atoms with Crippen LogP contribution in [0.3, 0.4) is 0 Å². The van der Waals surface area contributed by atoms with Crippen LogP contribution in [0.25, 0.3) is 0 Å². The maximum Gasteiger partial charge on any atom is 0.241 e. The summed E-state index contributed by atoms with van der Waals surface area (Å²) >= 11 is 0. The lowest BCUT2D eigenvalue weighted by atomic mass is 10.0. The summed E-state index contributed by atoms with van der Waals surface area (Å²) in [7, 11) is 4.11. The van der Waals surface area contributed by atoms with E-state index in [2.05, 4.69) is 52.0 Å². The molecular weight excluding hydrogens is 214 g/mol. The van der Waals surface area contributed by atoms with Crippen molar-refractivity contribution in [3.05, 3.63) is 0 Å². The monoisotopic (exact) mass is 241 g/mol. The van der Waals surface area contributed by atoms with Gasteiger partial charge in [-0.15, -0.1) is 0 Å². The van der Waals surface area contributed by atoms with Crippen LogP contribution in [0.15, 0.2) is 0 Å². The third kappa shape index (κ3) is 3.19. The second-order valence-corrected chi connectivity index (χ2v) is 5.62. The zero-order chi connectivity index (χ0) is 13.2. The minimum atomic E-state index is -0.00527. The number of rotatable bonds is 5. The standard InChI is InChI=1S/C13H27N3O/c1-7-11-14-12(9(2)3)13(17)16(11)8-10(4)15(5)6/h9-12,14H,7-8H2,1-6H3. The molecule has 1 saturated heterocycles. The molecule has 1 rings (SSSR count). The van der Waals surface area contributed by atoms with E-state index in [1.54, 1.807) is 0 Å². The molecule has 0 spiro atoms. The molecule has 3 unspecified atom stereocenters. The Morgan fingerprint density at radius 2 is 1.94 bits per heavy atom. The summed E-state index contributed by atoms with van der Waals surface area (Å²) in [4.78, 5) is 16.5. The number of carbonyl (C=O) groups is 1. The molecule has 4 nitrogen and oxygen atoms in total. The molecule has 0 aliphatic carbocycles. The third-order valence-corrected chi connectivity index (χ3v) is 3.69. The number of hydrogen-bond acceptors (Lipinski definition) is 3. The van der Waals surface area contributed by atoms with E-state index >= 15 is 0 Å². The molecule has 100 valence electrons. The Labute approximate surface area is 105 Å². The molecule has 0 saturated carbocycles. The first kappa shape index (κ1) is 14.5. The van der Waals surface area contributed by atoms with Crippen LogP contribution in [-0.4, -0.2) is 54.6 Å². The molecule has 1 amide bonds. The van der Waals surface area contributed by atoms with Gasteiger partial charge < -0.3 is 9.80 Å². The van der Waals surface area contributed by atoms with E-state index in [-0.39, 0.29) is 18.1 Å². The predicted octanol–water partition coefficient (Wildman–Crippen LogP) is 1.13. The number of hydrogen-bond donors (Lipinski definition) is 1. The van der Waals surface area contributed by atoms with E-state index in [9.17, 15) is 4.79 Å². The third-order valence-electron chi connectivity index (χ3n) is 3.69. The van der Waals surface area contributed by atoms with Gasteiger partial charge in [0.15, 0.2) is 0 Å². The van der Waals surface area contributed by atoms with Gasteiger partial charge in [-0.05, 0) is 33.4 Å². The topological polar surface area (TPSA) is 35.6 Å². The molecule has 0 aromatic rings. The molecule has 1 heterocycles. The average Bonchev–Trinajstić information content (AvgIpc) is 2.56. The molecule has 1 N–H and O–H groups in total. The number of nitrogens with zero attached hydrogens (tertiary/aromatic N) is 2. The molecule has 1 fully saturated rings. The highest BCUT2D eigenvalue weighted by molar-refractivity contribution is 5.84. The van der Waals surface area contributed by atoms with Gasteiger partial charge in [-0.1, -0.05) is 20.8 Å². The van der Waals surface area contributed by atoms with E-state index in [0.717, 1.165) is 13.0 Å².